The van der Waals surface area contributed by atoms with Crippen molar-refractivity contribution in [2.24, 2.45) is 5.92 Å². The Morgan fingerprint density at radius 1 is 0.927 bits per heavy atom. The van der Waals surface area contributed by atoms with Gasteiger partial charge in [-0.3, -0.25) is 9.59 Å². The third-order valence-corrected chi connectivity index (χ3v) is 6.06. The first-order valence-electron chi connectivity index (χ1n) is 13.3. The molecule has 0 fully saturated rings. The van der Waals surface area contributed by atoms with E-state index in [4.69, 9.17) is 14.2 Å². The van der Waals surface area contributed by atoms with Crippen molar-refractivity contribution in [2.75, 3.05) is 13.7 Å². The molecule has 3 aromatic rings. The molecule has 0 saturated heterocycles. The van der Waals surface area contributed by atoms with Crippen LogP contribution in [0.25, 0.3) is 5.57 Å². The Labute approximate surface area is 240 Å². The van der Waals surface area contributed by atoms with E-state index in [1.165, 1.54) is 19.4 Å². The van der Waals surface area contributed by atoms with Crippen molar-refractivity contribution in [3.63, 3.8) is 0 Å². The molecule has 0 aliphatic carbocycles. The van der Waals surface area contributed by atoms with Crippen molar-refractivity contribution in [3.05, 3.63) is 94.4 Å². The Morgan fingerprint density at radius 2 is 1.54 bits per heavy atom. The number of hydrogen-bond donors (Lipinski definition) is 2. The van der Waals surface area contributed by atoms with Gasteiger partial charge in [-0.05, 0) is 44.7 Å². The van der Waals surface area contributed by atoms with Gasteiger partial charge in [-0.1, -0.05) is 73.5 Å². The molecular weight excluding hydrogens is 522 g/mol. The number of amides is 2. The van der Waals surface area contributed by atoms with Gasteiger partial charge in [-0.25, -0.2) is 9.78 Å². The second-order valence-electron chi connectivity index (χ2n) is 10.2. The zero-order valence-corrected chi connectivity index (χ0v) is 24.5. The van der Waals surface area contributed by atoms with Crippen LogP contribution in [0.15, 0.2) is 66.5 Å². The summed E-state index contributed by atoms with van der Waals surface area (Å²) in [5.74, 6) is -1.15. The SMILES string of the molecule is COc1ccnc(C(=O)N[C@@H](C)C(=O)NC(C)=C(c2cccc(C)c2)c2cccc(C)c2)c1OC(=O)OCC(C)C. The molecule has 9 nitrogen and oxygen atoms in total. The molecule has 41 heavy (non-hydrogen) atoms. The molecule has 1 atom stereocenters. The van der Waals surface area contributed by atoms with Gasteiger partial charge in [0.2, 0.25) is 11.7 Å². The number of benzene rings is 2. The second kappa shape index (κ2) is 14.1. The molecule has 2 amide bonds. The molecule has 2 aromatic carbocycles. The number of rotatable bonds is 10. The third kappa shape index (κ3) is 8.41. The Balaban J connectivity index is 1.84. The van der Waals surface area contributed by atoms with E-state index in [0.717, 1.165) is 27.8 Å². The highest BCUT2D eigenvalue weighted by molar-refractivity contribution is 5.99. The zero-order valence-electron chi connectivity index (χ0n) is 24.5. The minimum atomic E-state index is -0.995. The van der Waals surface area contributed by atoms with Crippen LogP contribution in [-0.4, -0.2) is 42.7 Å². The van der Waals surface area contributed by atoms with Crippen LogP contribution >= 0.6 is 0 Å². The fourth-order valence-corrected chi connectivity index (χ4v) is 4.09. The van der Waals surface area contributed by atoms with Crippen LogP contribution < -0.4 is 20.1 Å². The van der Waals surface area contributed by atoms with Gasteiger partial charge < -0.3 is 24.8 Å². The lowest BCUT2D eigenvalue weighted by atomic mass is 9.94. The number of allylic oxidation sites excluding steroid dienone is 1. The largest absolute Gasteiger partial charge is 0.514 e. The third-order valence-electron chi connectivity index (χ3n) is 6.06. The van der Waals surface area contributed by atoms with E-state index in [0.29, 0.717) is 5.70 Å². The van der Waals surface area contributed by atoms with Crippen molar-refractivity contribution < 1.29 is 28.6 Å². The van der Waals surface area contributed by atoms with Crippen molar-refractivity contribution in [2.45, 2.75) is 47.6 Å². The van der Waals surface area contributed by atoms with Crippen LogP contribution in [0, 0.1) is 19.8 Å². The van der Waals surface area contributed by atoms with Crippen LogP contribution in [0.2, 0.25) is 0 Å². The highest BCUT2D eigenvalue weighted by Gasteiger charge is 2.26. The summed E-state index contributed by atoms with van der Waals surface area (Å²) in [6.45, 7) is 11.3. The minimum Gasteiger partial charge on any atom is -0.493 e. The minimum absolute atomic E-state index is 0.0929. The quantitative estimate of drug-likeness (QED) is 0.311. The molecule has 0 aliphatic rings. The summed E-state index contributed by atoms with van der Waals surface area (Å²) in [5, 5.41) is 5.57. The number of nitrogens with one attached hydrogen (secondary N) is 2. The summed E-state index contributed by atoms with van der Waals surface area (Å²) < 4.78 is 15.6. The maximum atomic E-state index is 13.2. The van der Waals surface area contributed by atoms with Gasteiger partial charge in [-0.2, -0.15) is 0 Å². The highest BCUT2D eigenvalue weighted by atomic mass is 16.7. The van der Waals surface area contributed by atoms with Gasteiger partial charge >= 0.3 is 6.16 Å². The van der Waals surface area contributed by atoms with Gasteiger partial charge in [0, 0.05) is 23.5 Å². The molecule has 0 bridgehead atoms. The number of methoxy groups -OCH3 is 1. The average Bonchev–Trinajstić information content (AvgIpc) is 2.92. The number of nitrogens with zero attached hydrogens (tertiary/aromatic N) is 1. The molecular formula is C32H37N3O6. The molecule has 1 aromatic heterocycles. The highest BCUT2D eigenvalue weighted by Crippen LogP contribution is 2.30. The first-order valence-corrected chi connectivity index (χ1v) is 13.3. The summed E-state index contributed by atoms with van der Waals surface area (Å²) in [4.78, 5) is 42.7. The lowest BCUT2D eigenvalue weighted by molar-refractivity contribution is -0.121. The molecule has 0 saturated carbocycles. The van der Waals surface area contributed by atoms with Crippen LogP contribution in [0.1, 0.15) is 60.4 Å². The molecule has 2 N–H and O–H groups in total. The van der Waals surface area contributed by atoms with E-state index in [1.807, 2.05) is 71.0 Å². The fourth-order valence-electron chi connectivity index (χ4n) is 4.09. The average molecular weight is 560 g/mol. The summed E-state index contributed by atoms with van der Waals surface area (Å²) in [6, 6.07) is 16.6. The van der Waals surface area contributed by atoms with Crippen LogP contribution in [0.4, 0.5) is 4.79 Å². The predicted molar refractivity (Wildman–Crippen MR) is 157 cm³/mol. The van der Waals surface area contributed by atoms with Crippen LogP contribution in [0.3, 0.4) is 0 Å². The van der Waals surface area contributed by atoms with Crippen LogP contribution in [0.5, 0.6) is 11.5 Å². The molecule has 0 aliphatic heterocycles. The first-order chi connectivity index (χ1) is 19.5. The van der Waals surface area contributed by atoms with Gasteiger partial charge in [-0.15, -0.1) is 0 Å². The van der Waals surface area contributed by atoms with E-state index in [-0.39, 0.29) is 29.7 Å². The maximum Gasteiger partial charge on any atom is 0.514 e. The van der Waals surface area contributed by atoms with Crippen molar-refractivity contribution in [1.29, 1.82) is 0 Å². The van der Waals surface area contributed by atoms with E-state index in [1.54, 1.807) is 6.92 Å². The van der Waals surface area contributed by atoms with Gasteiger partial charge in [0.25, 0.3) is 5.91 Å². The maximum absolute atomic E-state index is 13.2. The van der Waals surface area contributed by atoms with E-state index < -0.39 is 24.0 Å². The lowest BCUT2D eigenvalue weighted by Crippen LogP contribution is -2.44. The number of aromatic nitrogens is 1. The smallest absolute Gasteiger partial charge is 0.493 e. The molecule has 3 rings (SSSR count). The molecule has 1 heterocycles. The van der Waals surface area contributed by atoms with E-state index >= 15 is 0 Å². The molecule has 9 heteroatoms. The summed E-state index contributed by atoms with van der Waals surface area (Å²) in [6.07, 6.45) is 0.346. The monoisotopic (exact) mass is 559 g/mol. The summed E-state index contributed by atoms with van der Waals surface area (Å²) >= 11 is 0. The van der Waals surface area contributed by atoms with Gasteiger partial charge in [0.15, 0.2) is 11.4 Å². The first kappa shape index (κ1) is 30.9. The normalized spacial score (nSPS) is 11.3. The lowest BCUT2D eigenvalue weighted by Gasteiger charge is -2.19. The molecule has 0 spiro atoms. The van der Waals surface area contributed by atoms with Crippen LogP contribution in [-0.2, 0) is 9.53 Å². The van der Waals surface area contributed by atoms with Crippen molar-refractivity contribution in [1.82, 2.24) is 15.6 Å². The van der Waals surface area contributed by atoms with E-state index in [2.05, 4.69) is 27.8 Å². The number of carbonyl (C=O) groups excluding carboxylic acids is 3. The predicted octanol–water partition coefficient (Wildman–Crippen LogP) is 5.59. The molecule has 0 unspecified atom stereocenters. The van der Waals surface area contributed by atoms with Gasteiger partial charge in [0.1, 0.15) is 6.04 Å². The van der Waals surface area contributed by atoms with E-state index in [9.17, 15) is 14.4 Å². The number of hydrogen-bond acceptors (Lipinski definition) is 7. The number of ether oxygens (including phenoxy) is 3. The Kier molecular flexibility index (Phi) is 10.6. The summed E-state index contributed by atoms with van der Waals surface area (Å²) in [7, 11) is 1.37. The van der Waals surface area contributed by atoms with Crippen molar-refractivity contribution in [3.8, 4) is 11.5 Å². The Bertz CT molecular complexity index is 1400. The topological polar surface area (TPSA) is 116 Å². The molecule has 0 radical (unpaired) electrons. The summed E-state index contributed by atoms with van der Waals surface area (Å²) in [5.41, 5.74) is 5.36. The second-order valence-corrected chi connectivity index (χ2v) is 10.2. The zero-order chi connectivity index (χ0) is 30.1. The van der Waals surface area contributed by atoms with Gasteiger partial charge in [0.05, 0.1) is 13.7 Å². The number of pyridine rings is 1. The number of carbonyl (C=O) groups is 3. The standard InChI is InChI=1S/C32H37N3O6/c1-19(2)18-40-32(38)41-29-26(39-7)14-15-33-28(29)31(37)35-23(6)30(36)34-22(5)27(24-12-8-10-20(3)16-24)25-13-9-11-21(4)17-25/h8-17,19,23H,18H2,1-7H3,(H,34,36)(H,35,37)/t23-/m0/s1. The molecule has 216 valence electrons. The fraction of sp³-hybridized carbons (Fsp3) is 0.312. The Morgan fingerprint density at radius 3 is 2.07 bits per heavy atom. The Hall–Kier alpha value is -4.66. The van der Waals surface area contributed by atoms with Crippen molar-refractivity contribution >= 4 is 23.5 Å². The number of aryl methyl sites for hydroxylation is 2.